The van der Waals surface area contributed by atoms with Crippen molar-refractivity contribution >= 4 is 11.8 Å². The fourth-order valence-electron chi connectivity index (χ4n) is 1.56. The van der Waals surface area contributed by atoms with Crippen molar-refractivity contribution in [2.24, 2.45) is 0 Å². The van der Waals surface area contributed by atoms with Crippen molar-refractivity contribution in [2.75, 3.05) is 27.7 Å². The van der Waals surface area contributed by atoms with Gasteiger partial charge in [0.05, 0.1) is 6.54 Å². The standard InChI is InChI=1S/C14H20N2O2/c1-5-11-7-6-8-12(9-11)14(18)16(4)10-13(17)15(2)3/h6-9H,5,10H2,1-4H3. The maximum Gasteiger partial charge on any atom is 0.254 e. The van der Waals surface area contributed by atoms with Crippen LogP contribution in [-0.2, 0) is 11.2 Å². The van der Waals surface area contributed by atoms with Gasteiger partial charge in [0.2, 0.25) is 5.91 Å². The van der Waals surface area contributed by atoms with Gasteiger partial charge in [-0.1, -0.05) is 19.1 Å². The molecule has 1 rings (SSSR count). The smallest absolute Gasteiger partial charge is 0.254 e. The first kappa shape index (κ1) is 14.2. The van der Waals surface area contributed by atoms with Crippen LogP contribution in [0, 0.1) is 0 Å². The molecule has 0 bridgehead atoms. The highest BCUT2D eigenvalue weighted by molar-refractivity contribution is 5.96. The number of hydrogen-bond acceptors (Lipinski definition) is 2. The van der Waals surface area contributed by atoms with Crippen LogP contribution in [0.3, 0.4) is 0 Å². The topological polar surface area (TPSA) is 40.6 Å². The van der Waals surface area contributed by atoms with Crippen LogP contribution >= 0.6 is 0 Å². The quantitative estimate of drug-likeness (QED) is 0.808. The van der Waals surface area contributed by atoms with Gasteiger partial charge in [0.15, 0.2) is 0 Å². The van der Waals surface area contributed by atoms with Crippen molar-refractivity contribution < 1.29 is 9.59 Å². The van der Waals surface area contributed by atoms with Crippen LogP contribution in [-0.4, -0.2) is 49.3 Å². The molecule has 2 amide bonds. The zero-order chi connectivity index (χ0) is 13.7. The van der Waals surface area contributed by atoms with E-state index in [4.69, 9.17) is 0 Å². The molecule has 4 nitrogen and oxygen atoms in total. The number of carbonyl (C=O) groups excluding carboxylic acids is 2. The van der Waals surface area contributed by atoms with E-state index in [9.17, 15) is 9.59 Å². The molecule has 0 fully saturated rings. The Morgan fingerprint density at radius 1 is 1.17 bits per heavy atom. The minimum Gasteiger partial charge on any atom is -0.347 e. The number of rotatable bonds is 4. The number of hydrogen-bond donors (Lipinski definition) is 0. The Labute approximate surface area is 108 Å². The molecule has 0 N–H and O–H groups in total. The number of aryl methyl sites for hydroxylation is 1. The summed E-state index contributed by atoms with van der Waals surface area (Å²) in [5.41, 5.74) is 1.75. The van der Waals surface area contributed by atoms with Gasteiger partial charge in [0.1, 0.15) is 0 Å². The molecule has 4 heteroatoms. The zero-order valence-corrected chi connectivity index (χ0v) is 11.4. The zero-order valence-electron chi connectivity index (χ0n) is 11.4. The molecular formula is C14H20N2O2. The third-order valence-corrected chi connectivity index (χ3v) is 2.80. The SMILES string of the molecule is CCc1cccc(C(=O)N(C)CC(=O)N(C)C)c1. The lowest BCUT2D eigenvalue weighted by molar-refractivity contribution is -0.129. The summed E-state index contributed by atoms with van der Waals surface area (Å²) in [5, 5.41) is 0. The summed E-state index contributed by atoms with van der Waals surface area (Å²) in [6.45, 7) is 2.14. The Bertz CT molecular complexity index is 441. The summed E-state index contributed by atoms with van der Waals surface area (Å²) >= 11 is 0. The molecule has 0 saturated heterocycles. The van der Waals surface area contributed by atoms with Crippen molar-refractivity contribution in [3.63, 3.8) is 0 Å². The van der Waals surface area contributed by atoms with Gasteiger partial charge in [-0.25, -0.2) is 0 Å². The molecule has 98 valence electrons. The average molecular weight is 248 g/mol. The van der Waals surface area contributed by atoms with Crippen molar-refractivity contribution in [3.05, 3.63) is 35.4 Å². The van der Waals surface area contributed by atoms with E-state index in [1.807, 2.05) is 25.1 Å². The molecule has 1 aromatic carbocycles. The highest BCUT2D eigenvalue weighted by Crippen LogP contribution is 2.08. The number of benzene rings is 1. The molecule has 0 saturated carbocycles. The molecule has 0 aliphatic rings. The van der Waals surface area contributed by atoms with Crippen LogP contribution in [0.15, 0.2) is 24.3 Å². The first-order valence-corrected chi connectivity index (χ1v) is 6.00. The van der Waals surface area contributed by atoms with Crippen molar-refractivity contribution in [1.29, 1.82) is 0 Å². The fourth-order valence-corrected chi connectivity index (χ4v) is 1.56. The number of carbonyl (C=O) groups is 2. The third-order valence-electron chi connectivity index (χ3n) is 2.80. The van der Waals surface area contributed by atoms with E-state index in [-0.39, 0.29) is 18.4 Å². The summed E-state index contributed by atoms with van der Waals surface area (Å²) in [4.78, 5) is 26.6. The lowest BCUT2D eigenvalue weighted by atomic mass is 10.1. The van der Waals surface area contributed by atoms with Gasteiger partial charge in [0.25, 0.3) is 5.91 Å². The minimum absolute atomic E-state index is 0.0857. The molecule has 0 unspecified atom stereocenters. The van der Waals surface area contributed by atoms with E-state index in [1.54, 1.807) is 27.2 Å². The van der Waals surface area contributed by atoms with E-state index in [0.29, 0.717) is 5.56 Å². The second kappa shape index (κ2) is 6.19. The largest absolute Gasteiger partial charge is 0.347 e. The normalized spacial score (nSPS) is 10.0. The van der Waals surface area contributed by atoms with E-state index < -0.39 is 0 Å². The highest BCUT2D eigenvalue weighted by atomic mass is 16.2. The second-order valence-electron chi connectivity index (χ2n) is 4.50. The maximum absolute atomic E-state index is 12.1. The van der Waals surface area contributed by atoms with Crippen LogP contribution in [0.1, 0.15) is 22.8 Å². The summed E-state index contributed by atoms with van der Waals surface area (Å²) in [6, 6.07) is 7.51. The van der Waals surface area contributed by atoms with Gasteiger partial charge in [-0.05, 0) is 24.1 Å². The predicted octanol–water partition coefficient (Wildman–Crippen LogP) is 1.41. The Morgan fingerprint density at radius 2 is 1.83 bits per heavy atom. The summed E-state index contributed by atoms with van der Waals surface area (Å²) in [5.74, 6) is -0.210. The summed E-state index contributed by atoms with van der Waals surface area (Å²) in [6.07, 6.45) is 0.890. The van der Waals surface area contributed by atoms with Crippen molar-refractivity contribution in [3.8, 4) is 0 Å². The Balaban J connectivity index is 2.77. The first-order chi connectivity index (χ1) is 8.45. The van der Waals surface area contributed by atoms with Crippen LogP contribution in [0.2, 0.25) is 0 Å². The van der Waals surface area contributed by atoms with Crippen molar-refractivity contribution in [2.45, 2.75) is 13.3 Å². The van der Waals surface area contributed by atoms with Crippen LogP contribution in [0.25, 0.3) is 0 Å². The average Bonchev–Trinajstić information content (AvgIpc) is 2.37. The molecule has 0 aromatic heterocycles. The van der Waals surface area contributed by atoms with Crippen LogP contribution in [0.5, 0.6) is 0 Å². The van der Waals surface area contributed by atoms with Gasteiger partial charge in [-0.3, -0.25) is 9.59 Å². The van der Waals surface area contributed by atoms with Crippen LogP contribution < -0.4 is 0 Å². The number of amides is 2. The van der Waals surface area contributed by atoms with Gasteiger partial charge in [-0.2, -0.15) is 0 Å². The van der Waals surface area contributed by atoms with Gasteiger partial charge in [0, 0.05) is 26.7 Å². The molecule has 1 aromatic rings. The van der Waals surface area contributed by atoms with E-state index in [2.05, 4.69) is 0 Å². The molecule has 0 atom stereocenters. The van der Waals surface area contributed by atoms with Gasteiger partial charge < -0.3 is 9.80 Å². The predicted molar refractivity (Wildman–Crippen MR) is 71.5 cm³/mol. The number of likely N-dealkylation sites (N-methyl/N-ethyl adjacent to an activating group) is 2. The number of nitrogens with zero attached hydrogens (tertiary/aromatic N) is 2. The van der Waals surface area contributed by atoms with E-state index >= 15 is 0 Å². The monoisotopic (exact) mass is 248 g/mol. The summed E-state index contributed by atoms with van der Waals surface area (Å²) in [7, 11) is 5.00. The molecule has 0 aliphatic heterocycles. The second-order valence-corrected chi connectivity index (χ2v) is 4.50. The fraction of sp³-hybridized carbons (Fsp3) is 0.429. The van der Waals surface area contributed by atoms with Gasteiger partial charge >= 0.3 is 0 Å². The Kier molecular flexibility index (Phi) is 4.89. The lowest BCUT2D eigenvalue weighted by Gasteiger charge is -2.19. The van der Waals surface area contributed by atoms with Crippen molar-refractivity contribution in [1.82, 2.24) is 9.80 Å². The molecule has 0 radical (unpaired) electrons. The van der Waals surface area contributed by atoms with E-state index in [1.165, 1.54) is 9.80 Å². The molecule has 0 spiro atoms. The first-order valence-electron chi connectivity index (χ1n) is 6.00. The minimum atomic E-state index is -0.125. The Hall–Kier alpha value is -1.84. The summed E-state index contributed by atoms with van der Waals surface area (Å²) < 4.78 is 0. The Morgan fingerprint density at radius 3 is 2.39 bits per heavy atom. The van der Waals surface area contributed by atoms with E-state index in [0.717, 1.165) is 12.0 Å². The molecular weight excluding hydrogens is 228 g/mol. The third kappa shape index (κ3) is 3.58. The lowest BCUT2D eigenvalue weighted by Crippen LogP contribution is -2.37. The molecule has 0 heterocycles. The maximum atomic E-state index is 12.1. The molecule has 18 heavy (non-hydrogen) atoms. The molecule has 0 aliphatic carbocycles. The highest BCUT2D eigenvalue weighted by Gasteiger charge is 2.15. The van der Waals surface area contributed by atoms with Crippen LogP contribution in [0.4, 0.5) is 0 Å². The van der Waals surface area contributed by atoms with Gasteiger partial charge in [-0.15, -0.1) is 0 Å².